The van der Waals surface area contributed by atoms with Crippen LogP contribution in [0.25, 0.3) is 0 Å². The highest BCUT2D eigenvalue weighted by Crippen LogP contribution is 2.06. The van der Waals surface area contributed by atoms with Gasteiger partial charge in [0, 0.05) is 19.3 Å². The fourth-order valence-corrected chi connectivity index (χ4v) is 3.48. The number of rotatable bonds is 21. The van der Waals surface area contributed by atoms with Crippen molar-refractivity contribution in [1.82, 2.24) is 0 Å². The van der Waals surface area contributed by atoms with Crippen molar-refractivity contribution in [3.8, 4) is 0 Å². The number of hydrogen-bond donors (Lipinski definition) is 0. The smallest absolute Gasteiger partial charge is 0.305 e. The average molecular weight is 483 g/mol. The Hall–Kier alpha value is -2.62. The number of benzene rings is 1. The van der Waals surface area contributed by atoms with E-state index in [1.54, 1.807) is 0 Å². The SMILES string of the molecule is CCCCC/C=C\C/C=C\C/C=C\CCCCC(=O)OCCCOC(=O)CCCc1ccccc1. The molecule has 1 aromatic rings. The molecule has 0 bridgehead atoms. The van der Waals surface area contributed by atoms with E-state index in [0.717, 1.165) is 44.9 Å². The molecule has 0 spiro atoms. The second-order valence-corrected chi connectivity index (χ2v) is 8.76. The van der Waals surface area contributed by atoms with Gasteiger partial charge in [-0.15, -0.1) is 0 Å². The normalized spacial score (nSPS) is 11.6. The van der Waals surface area contributed by atoms with Gasteiger partial charge in [0.25, 0.3) is 0 Å². The van der Waals surface area contributed by atoms with Crippen LogP contribution >= 0.6 is 0 Å². The van der Waals surface area contributed by atoms with E-state index >= 15 is 0 Å². The third kappa shape index (κ3) is 20.5. The van der Waals surface area contributed by atoms with Gasteiger partial charge in [-0.1, -0.05) is 86.6 Å². The van der Waals surface area contributed by atoms with E-state index in [-0.39, 0.29) is 11.9 Å². The molecule has 0 aliphatic carbocycles. The highest BCUT2D eigenvalue weighted by atomic mass is 16.5. The quantitative estimate of drug-likeness (QED) is 0.101. The van der Waals surface area contributed by atoms with Gasteiger partial charge >= 0.3 is 11.9 Å². The zero-order valence-corrected chi connectivity index (χ0v) is 21.8. The number of carbonyl (C=O) groups excluding carboxylic acids is 2. The van der Waals surface area contributed by atoms with Crippen LogP contribution in [-0.4, -0.2) is 25.2 Å². The van der Waals surface area contributed by atoms with Crippen LogP contribution in [0.5, 0.6) is 0 Å². The van der Waals surface area contributed by atoms with E-state index in [1.807, 2.05) is 18.2 Å². The zero-order chi connectivity index (χ0) is 25.2. The summed E-state index contributed by atoms with van der Waals surface area (Å²) in [5.74, 6) is -0.362. The number of ether oxygens (including phenoxy) is 2. The van der Waals surface area contributed by atoms with Gasteiger partial charge in [0.2, 0.25) is 0 Å². The van der Waals surface area contributed by atoms with Gasteiger partial charge in [-0.2, -0.15) is 0 Å². The molecule has 194 valence electrons. The first kappa shape index (κ1) is 30.4. The van der Waals surface area contributed by atoms with Gasteiger partial charge in [0.15, 0.2) is 0 Å². The lowest BCUT2D eigenvalue weighted by molar-refractivity contribution is -0.146. The molecule has 0 amide bonds. The molecule has 0 unspecified atom stereocenters. The van der Waals surface area contributed by atoms with Crippen LogP contribution in [0.15, 0.2) is 66.8 Å². The summed E-state index contributed by atoms with van der Waals surface area (Å²) in [6, 6.07) is 10.1. The maximum atomic E-state index is 11.8. The number of allylic oxidation sites excluding steroid dienone is 6. The lowest BCUT2D eigenvalue weighted by Crippen LogP contribution is -2.10. The number of carbonyl (C=O) groups is 2. The van der Waals surface area contributed by atoms with Crippen molar-refractivity contribution >= 4 is 11.9 Å². The van der Waals surface area contributed by atoms with Crippen molar-refractivity contribution in [2.45, 2.75) is 96.8 Å². The second-order valence-electron chi connectivity index (χ2n) is 8.76. The molecule has 4 nitrogen and oxygen atoms in total. The van der Waals surface area contributed by atoms with Crippen molar-refractivity contribution in [1.29, 1.82) is 0 Å². The predicted octanol–water partition coefficient (Wildman–Crippen LogP) is 8.08. The molecule has 0 saturated heterocycles. The molecular formula is C31H46O4. The number of esters is 2. The Labute approximate surface area is 213 Å². The van der Waals surface area contributed by atoms with Crippen LogP contribution < -0.4 is 0 Å². The first-order valence-electron chi connectivity index (χ1n) is 13.5. The summed E-state index contributed by atoms with van der Waals surface area (Å²) in [7, 11) is 0. The summed E-state index contributed by atoms with van der Waals surface area (Å²) in [6.45, 7) is 2.83. The minimum Gasteiger partial charge on any atom is -0.466 e. The van der Waals surface area contributed by atoms with Crippen molar-refractivity contribution < 1.29 is 19.1 Å². The predicted molar refractivity (Wildman–Crippen MR) is 145 cm³/mol. The fourth-order valence-electron chi connectivity index (χ4n) is 3.48. The molecule has 0 aliphatic rings. The monoisotopic (exact) mass is 482 g/mol. The summed E-state index contributed by atoms with van der Waals surface area (Å²) in [4.78, 5) is 23.5. The lowest BCUT2D eigenvalue weighted by Gasteiger charge is -2.06. The first-order chi connectivity index (χ1) is 17.2. The van der Waals surface area contributed by atoms with E-state index in [1.165, 1.54) is 31.2 Å². The number of hydrogen-bond acceptors (Lipinski definition) is 4. The van der Waals surface area contributed by atoms with Gasteiger partial charge in [-0.25, -0.2) is 0 Å². The Morgan fingerprint density at radius 2 is 1.20 bits per heavy atom. The topological polar surface area (TPSA) is 52.6 Å². The minimum absolute atomic E-state index is 0.172. The van der Waals surface area contributed by atoms with E-state index in [9.17, 15) is 9.59 Å². The van der Waals surface area contributed by atoms with E-state index in [2.05, 4.69) is 55.5 Å². The lowest BCUT2D eigenvalue weighted by atomic mass is 10.1. The van der Waals surface area contributed by atoms with Crippen LogP contribution in [0.3, 0.4) is 0 Å². The molecule has 35 heavy (non-hydrogen) atoms. The van der Waals surface area contributed by atoms with Crippen molar-refractivity contribution in [3.63, 3.8) is 0 Å². The van der Waals surface area contributed by atoms with Gasteiger partial charge in [0.1, 0.15) is 0 Å². The van der Waals surface area contributed by atoms with Crippen molar-refractivity contribution in [2.24, 2.45) is 0 Å². The van der Waals surface area contributed by atoms with Crippen LogP contribution in [0.2, 0.25) is 0 Å². The highest BCUT2D eigenvalue weighted by molar-refractivity contribution is 5.69. The maximum absolute atomic E-state index is 11.8. The van der Waals surface area contributed by atoms with Crippen LogP contribution in [0, 0.1) is 0 Å². The summed E-state index contributed by atoms with van der Waals surface area (Å²) >= 11 is 0. The molecular weight excluding hydrogens is 436 g/mol. The zero-order valence-electron chi connectivity index (χ0n) is 21.8. The van der Waals surface area contributed by atoms with Crippen LogP contribution in [-0.2, 0) is 25.5 Å². The maximum Gasteiger partial charge on any atom is 0.305 e. The Kier molecular flexibility index (Phi) is 20.1. The third-order valence-electron chi connectivity index (χ3n) is 5.52. The first-order valence-corrected chi connectivity index (χ1v) is 13.5. The summed E-state index contributed by atoms with van der Waals surface area (Å²) in [5.41, 5.74) is 1.23. The Bertz CT molecular complexity index is 734. The summed E-state index contributed by atoms with van der Waals surface area (Å²) in [6.07, 6.45) is 26.2. The standard InChI is InChI=1S/C31H46O4/c1-2-3-4-5-6-7-8-9-10-11-12-13-14-15-19-25-30(32)34-27-21-28-35-31(33)26-20-24-29-22-17-16-18-23-29/h6-7,9-10,12-13,16-18,22-23H,2-5,8,11,14-15,19-21,24-28H2,1H3/b7-6-,10-9-,13-12-. The van der Waals surface area contributed by atoms with Gasteiger partial charge in [-0.3, -0.25) is 9.59 Å². The van der Waals surface area contributed by atoms with Crippen LogP contribution in [0.1, 0.15) is 96.0 Å². The molecule has 0 saturated carbocycles. The molecule has 0 N–H and O–H groups in total. The molecule has 0 radical (unpaired) electrons. The largest absolute Gasteiger partial charge is 0.466 e. The summed E-state index contributed by atoms with van der Waals surface area (Å²) in [5, 5.41) is 0. The molecule has 1 rings (SSSR count). The Balaban J connectivity index is 1.87. The fraction of sp³-hybridized carbons (Fsp3) is 0.548. The second kappa shape index (κ2) is 23.1. The molecule has 0 aromatic heterocycles. The molecule has 0 atom stereocenters. The van der Waals surface area contributed by atoms with Gasteiger partial charge < -0.3 is 9.47 Å². The molecule has 1 aromatic carbocycles. The van der Waals surface area contributed by atoms with Crippen molar-refractivity contribution in [2.75, 3.05) is 13.2 Å². The highest BCUT2D eigenvalue weighted by Gasteiger charge is 2.05. The van der Waals surface area contributed by atoms with Crippen LogP contribution in [0.4, 0.5) is 0 Å². The minimum atomic E-state index is -0.189. The number of aryl methyl sites for hydroxylation is 1. The average Bonchev–Trinajstić information content (AvgIpc) is 2.87. The molecule has 0 aliphatic heterocycles. The summed E-state index contributed by atoms with van der Waals surface area (Å²) < 4.78 is 10.4. The molecule has 0 fully saturated rings. The Morgan fingerprint density at radius 1 is 0.657 bits per heavy atom. The third-order valence-corrected chi connectivity index (χ3v) is 5.52. The van der Waals surface area contributed by atoms with Gasteiger partial charge in [-0.05, 0) is 63.4 Å². The van der Waals surface area contributed by atoms with E-state index in [0.29, 0.717) is 32.5 Å². The Morgan fingerprint density at radius 3 is 1.80 bits per heavy atom. The van der Waals surface area contributed by atoms with Crippen molar-refractivity contribution in [3.05, 3.63) is 72.4 Å². The van der Waals surface area contributed by atoms with E-state index < -0.39 is 0 Å². The molecule has 0 heterocycles. The number of unbranched alkanes of at least 4 members (excludes halogenated alkanes) is 5. The molecule has 4 heteroatoms. The van der Waals surface area contributed by atoms with Gasteiger partial charge in [0.05, 0.1) is 13.2 Å². The van der Waals surface area contributed by atoms with E-state index in [4.69, 9.17) is 9.47 Å².